The van der Waals surface area contributed by atoms with E-state index >= 15 is 0 Å². The molecule has 0 radical (unpaired) electrons. The topological polar surface area (TPSA) is 38.9 Å². The Morgan fingerprint density at radius 1 is 0.938 bits per heavy atom. The summed E-state index contributed by atoms with van der Waals surface area (Å²) in [5, 5.41) is 0. The Kier molecular flexibility index (Phi) is 2.52. The van der Waals surface area contributed by atoms with E-state index in [0.29, 0.717) is 0 Å². The number of hydrogen-bond acceptors (Lipinski definition) is 2. The summed E-state index contributed by atoms with van der Waals surface area (Å²) in [6, 6.07) is 6.50. The second-order valence-electron chi connectivity index (χ2n) is 3.17. The molecule has 0 spiro atoms. The number of hydrogen-bond donors (Lipinski definition) is 1. The molecule has 16 heavy (non-hydrogen) atoms. The fraction of sp³-hybridized carbons (Fsp3) is 0. The molecule has 2 N–H and O–H groups in total. The van der Waals surface area contributed by atoms with Crippen LogP contribution in [-0.4, -0.2) is 4.98 Å². The van der Waals surface area contributed by atoms with Crippen molar-refractivity contribution in [2.75, 3.05) is 5.73 Å². The van der Waals surface area contributed by atoms with E-state index in [4.69, 9.17) is 5.73 Å². The summed E-state index contributed by atoms with van der Waals surface area (Å²) in [7, 11) is 0. The highest BCUT2D eigenvalue weighted by molar-refractivity contribution is 5.61. The molecule has 0 saturated carbocycles. The van der Waals surface area contributed by atoms with E-state index in [1.54, 1.807) is 6.07 Å². The molecule has 2 nitrogen and oxygen atoms in total. The van der Waals surface area contributed by atoms with Crippen LogP contribution < -0.4 is 5.73 Å². The van der Waals surface area contributed by atoms with Gasteiger partial charge < -0.3 is 5.73 Å². The summed E-state index contributed by atoms with van der Waals surface area (Å²) in [6.07, 6.45) is 0. The Labute approximate surface area is 89.5 Å². The van der Waals surface area contributed by atoms with Crippen LogP contribution in [0.2, 0.25) is 0 Å². The van der Waals surface area contributed by atoms with Crippen LogP contribution in [0.3, 0.4) is 0 Å². The van der Waals surface area contributed by atoms with Gasteiger partial charge in [-0.1, -0.05) is 6.07 Å². The van der Waals surface area contributed by atoms with Gasteiger partial charge in [0.2, 0.25) is 0 Å². The number of halogens is 3. The lowest BCUT2D eigenvalue weighted by molar-refractivity contribution is 0.449. The number of nitrogens with two attached hydrogens (primary N) is 1. The molecule has 2 aromatic rings. The Hall–Kier alpha value is -2.04. The van der Waals surface area contributed by atoms with Crippen LogP contribution in [0.5, 0.6) is 0 Å². The van der Waals surface area contributed by atoms with Crippen molar-refractivity contribution in [2.24, 2.45) is 0 Å². The molecule has 0 unspecified atom stereocenters. The molecule has 1 heterocycles. The fourth-order valence-corrected chi connectivity index (χ4v) is 1.33. The highest BCUT2D eigenvalue weighted by Gasteiger charge is 2.15. The molecule has 0 bridgehead atoms. The van der Waals surface area contributed by atoms with Gasteiger partial charge in [-0.2, -0.15) is 0 Å². The molecule has 0 fully saturated rings. The van der Waals surface area contributed by atoms with Gasteiger partial charge in [0.25, 0.3) is 0 Å². The molecule has 82 valence electrons. The standard InChI is InChI=1S/C11H7F3N2/c12-7-5-4-6(10(13)11(7)14)8-2-1-3-9(15)16-8/h1-5H,(H2,15,16). The van der Waals surface area contributed by atoms with Gasteiger partial charge in [0.1, 0.15) is 5.82 Å². The minimum atomic E-state index is -1.51. The van der Waals surface area contributed by atoms with Gasteiger partial charge in [-0.15, -0.1) is 0 Å². The average Bonchev–Trinajstić information content (AvgIpc) is 2.26. The highest BCUT2D eigenvalue weighted by atomic mass is 19.2. The Bertz CT molecular complexity index is 541. The number of anilines is 1. The first kappa shape index (κ1) is 10.5. The minimum Gasteiger partial charge on any atom is -0.384 e. The van der Waals surface area contributed by atoms with Crippen LogP contribution in [0, 0.1) is 17.5 Å². The number of nitrogens with zero attached hydrogens (tertiary/aromatic N) is 1. The van der Waals surface area contributed by atoms with Crippen LogP contribution >= 0.6 is 0 Å². The summed E-state index contributed by atoms with van der Waals surface area (Å²) in [5.74, 6) is -3.83. The molecule has 0 amide bonds. The van der Waals surface area contributed by atoms with Crippen molar-refractivity contribution in [2.45, 2.75) is 0 Å². The SMILES string of the molecule is Nc1cccc(-c2ccc(F)c(F)c2F)n1. The lowest BCUT2D eigenvalue weighted by atomic mass is 10.1. The smallest absolute Gasteiger partial charge is 0.195 e. The van der Waals surface area contributed by atoms with E-state index in [-0.39, 0.29) is 17.1 Å². The second kappa shape index (κ2) is 3.84. The zero-order valence-corrected chi connectivity index (χ0v) is 8.05. The van der Waals surface area contributed by atoms with Crippen molar-refractivity contribution in [1.82, 2.24) is 4.98 Å². The second-order valence-corrected chi connectivity index (χ2v) is 3.17. The molecule has 0 saturated heterocycles. The highest BCUT2D eigenvalue weighted by Crippen LogP contribution is 2.24. The largest absolute Gasteiger partial charge is 0.384 e. The molecule has 5 heteroatoms. The average molecular weight is 224 g/mol. The molecule has 1 aromatic carbocycles. The molecular formula is C11H7F3N2. The Balaban J connectivity index is 2.61. The maximum atomic E-state index is 13.4. The monoisotopic (exact) mass is 224 g/mol. The van der Waals surface area contributed by atoms with Crippen molar-refractivity contribution >= 4 is 5.82 Å². The van der Waals surface area contributed by atoms with Crippen LogP contribution in [0.15, 0.2) is 30.3 Å². The van der Waals surface area contributed by atoms with Gasteiger partial charge in [0, 0.05) is 5.56 Å². The van der Waals surface area contributed by atoms with Gasteiger partial charge in [0.05, 0.1) is 5.69 Å². The Morgan fingerprint density at radius 2 is 1.69 bits per heavy atom. The summed E-state index contributed by atoms with van der Waals surface area (Å²) in [5.41, 5.74) is 5.46. The summed E-state index contributed by atoms with van der Waals surface area (Å²) < 4.78 is 39.0. The van der Waals surface area contributed by atoms with Crippen molar-refractivity contribution in [3.05, 3.63) is 47.8 Å². The Morgan fingerprint density at radius 3 is 2.38 bits per heavy atom. The van der Waals surface area contributed by atoms with E-state index in [1.165, 1.54) is 12.1 Å². The molecule has 0 aliphatic carbocycles. The van der Waals surface area contributed by atoms with Crippen molar-refractivity contribution in [3.8, 4) is 11.3 Å². The van der Waals surface area contributed by atoms with E-state index in [1.807, 2.05) is 0 Å². The van der Waals surface area contributed by atoms with Crippen LogP contribution in [0.1, 0.15) is 0 Å². The molecule has 2 rings (SSSR count). The van der Waals surface area contributed by atoms with E-state index < -0.39 is 17.5 Å². The van der Waals surface area contributed by atoms with E-state index in [0.717, 1.165) is 12.1 Å². The van der Waals surface area contributed by atoms with Gasteiger partial charge >= 0.3 is 0 Å². The quantitative estimate of drug-likeness (QED) is 0.756. The minimum absolute atomic E-state index is 0.119. The zero-order chi connectivity index (χ0) is 11.7. The van der Waals surface area contributed by atoms with Crippen LogP contribution in [0.25, 0.3) is 11.3 Å². The number of nitrogen functional groups attached to an aromatic ring is 1. The number of rotatable bonds is 1. The summed E-state index contributed by atoms with van der Waals surface area (Å²) >= 11 is 0. The zero-order valence-electron chi connectivity index (χ0n) is 8.05. The third-order valence-corrected chi connectivity index (χ3v) is 2.08. The molecule has 0 aliphatic rings. The number of aromatic nitrogens is 1. The fourth-order valence-electron chi connectivity index (χ4n) is 1.33. The van der Waals surface area contributed by atoms with E-state index in [2.05, 4.69) is 4.98 Å². The predicted octanol–water partition coefficient (Wildman–Crippen LogP) is 2.75. The first-order valence-corrected chi connectivity index (χ1v) is 4.46. The summed E-state index contributed by atoms with van der Waals surface area (Å²) in [6.45, 7) is 0. The molecule has 1 aromatic heterocycles. The van der Waals surface area contributed by atoms with Crippen LogP contribution in [-0.2, 0) is 0 Å². The molecule has 0 atom stereocenters. The number of benzene rings is 1. The first-order chi connectivity index (χ1) is 7.59. The lowest BCUT2D eigenvalue weighted by Crippen LogP contribution is -1.97. The maximum Gasteiger partial charge on any atom is 0.195 e. The van der Waals surface area contributed by atoms with Crippen molar-refractivity contribution in [3.63, 3.8) is 0 Å². The third-order valence-electron chi connectivity index (χ3n) is 2.08. The van der Waals surface area contributed by atoms with Crippen molar-refractivity contribution < 1.29 is 13.2 Å². The van der Waals surface area contributed by atoms with Gasteiger partial charge in [-0.3, -0.25) is 0 Å². The molecule has 0 aliphatic heterocycles. The van der Waals surface area contributed by atoms with Crippen molar-refractivity contribution in [1.29, 1.82) is 0 Å². The van der Waals surface area contributed by atoms with E-state index in [9.17, 15) is 13.2 Å². The van der Waals surface area contributed by atoms with Gasteiger partial charge in [0.15, 0.2) is 17.5 Å². The van der Waals surface area contributed by atoms with Gasteiger partial charge in [-0.25, -0.2) is 18.2 Å². The van der Waals surface area contributed by atoms with Crippen LogP contribution in [0.4, 0.5) is 19.0 Å². The maximum absolute atomic E-state index is 13.4. The normalized spacial score (nSPS) is 10.4. The summed E-state index contributed by atoms with van der Waals surface area (Å²) in [4.78, 5) is 3.82. The third kappa shape index (κ3) is 1.71. The predicted molar refractivity (Wildman–Crippen MR) is 54.0 cm³/mol. The van der Waals surface area contributed by atoms with Gasteiger partial charge in [-0.05, 0) is 24.3 Å². The lowest BCUT2D eigenvalue weighted by Gasteiger charge is -2.04. The molecular weight excluding hydrogens is 217 g/mol. The number of pyridine rings is 1. The first-order valence-electron chi connectivity index (χ1n) is 4.46.